The van der Waals surface area contributed by atoms with Crippen LogP contribution in [0.3, 0.4) is 0 Å². The van der Waals surface area contributed by atoms with E-state index in [0.29, 0.717) is 0 Å². The fourth-order valence-corrected chi connectivity index (χ4v) is 1.69. The van der Waals surface area contributed by atoms with Crippen LogP contribution >= 0.6 is 0 Å². The molecule has 0 aromatic heterocycles. The van der Waals surface area contributed by atoms with Gasteiger partial charge >= 0.3 is 6.09 Å². The number of nitrogens with one attached hydrogen (secondary N) is 1. The SMILES string of the molecule is CCCC(CCC)=NNC(=O)OCc1ccccc1. The Kier molecular flexibility index (Phi) is 7.32. The predicted molar refractivity (Wildman–Crippen MR) is 77.0 cm³/mol. The van der Waals surface area contributed by atoms with Gasteiger partial charge < -0.3 is 4.74 Å². The molecule has 0 aliphatic rings. The van der Waals surface area contributed by atoms with E-state index in [4.69, 9.17) is 4.74 Å². The van der Waals surface area contributed by atoms with Gasteiger partial charge in [0.05, 0.1) is 0 Å². The molecule has 0 saturated heterocycles. The van der Waals surface area contributed by atoms with Gasteiger partial charge in [-0.25, -0.2) is 10.2 Å². The maximum Gasteiger partial charge on any atom is 0.428 e. The lowest BCUT2D eigenvalue weighted by Crippen LogP contribution is -2.20. The average Bonchev–Trinajstić information content (AvgIpc) is 2.44. The Morgan fingerprint density at radius 3 is 2.37 bits per heavy atom. The summed E-state index contributed by atoms with van der Waals surface area (Å²) < 4.78 is 5.08. The lowest BCUT2D eigenvalue weighted by Gasteiger charge is -2.06. The number of ether oxygens (including phenoxy) is 1. The maximum atomic E-state index is 11.5. The predicted octanol–water partition coefficient (Wildman–Crippen LogP) is 3.87. The molecule has 0 radical (unpaired) electrons. The first-order valence-corrected chi connectivity index (χ1v) is 6.78. The normalized spacial score (nSPS) is 9.79. The molecule has 1 rings (SSSR count). The van der Waals surface area contributed by atoms with E-state index in [1.54, 1.807) is 0 Å². The number of nitrogens with zero attached hydrogens (tertiary/aromatic N) is 1. The highest BCUT2D eigenvalue weighted by Gasteiger charge is 2.02. The number of hydrogen-bond acceptors (Lipinski definition) is 3. The zero-order valence-electron chi connectivity index (χ0n) is 11.7. The van der Waals surface area contributed by atoms with Crippen molar-refractivity contribution in [1.82, 2.24) is 5.43 Å². The molecule has 0 heterocycles. The molecule has 1 aromatic rings. The van der Waals surface area contributed by atoms with Crippen LogP contribution in [0.15, 0.2) is 35.4 Å². The zero-order chi connectivity index (χ0) is 13.9. The van der Waals surface area contributed by atoms with Crippen molar-refractivity contribution in [3.63, 3.8) is 0 Å². The van der Waals surface area contributed by atoms with Crippen LogP contribution in [-0.2, 0) is 11.3 Å². The smallest absolute Gasteiger partial charge is 0.428 e. The topological polar surface area (TPSA) is 50.7 Å². The Balaban J connectivity index is 2.35. The molecule has 0 atom stereocenters. The largest absolute Gasteiger partial charge is 0.443 e. The molecule has 0 aliphatic heterocycles. The van der Waals surface area contributed by atoms with E-state index in [0.717, 1.165) is 37.0 Å². The summed E-state index contributed by atoms with van der Waals surface area (Å²) in [5.74, 6) is 0. The highest BCUT2D eigenvalue weighted by molar-refractivity contribution is 5.85. The number of carbonyl (C=O) groups is 1. The Labute approximate surface area is 114 Å². The molecule has 19 heavy (non-hydrogen) atoms. The van der Waals surface area contributed by atoms with Gasteiger partial charge in [0.25, 0.3) is 0 Å². The number of amides is 1. The fourth-order valence-electron chi connectivity index (χ4n) is 1.69. The third-order valence-corrected chi connectivity index (χ3v) is 2.60. The molecule has 0 unspecified atom stereocenters. The summed E-state index contributed by atoms with van der Waals surface area (Å²) in [5.41, 5.74) is 4.43. The lowest BCUT2D eigenvalue weighted by molar-refractivity contribution is 0.140. The highest BCUT2D eigenvalue weighted by Crippen LogP contribution is 2.02. The van der Waals surface area contributed by atoms with Crippen LogP contribution in [-0.4, -0.2) is 11.8 Å². The van der Waals surface area contributed by atoms with Gasteiger partial charge in [0.15, 0.2) is 0 Å². The van der Waals surface area contributed by atoms with Crippen LogP contribution in [0.4, 0.5) is 4.79 Å². The summed E-state index contributed by atoms with van der Waals surface area (Å²) >= 11 is 0. The fraction of sp³-hybridized carbons (Fsp3) is 0.467. The first-order chi connectivity index (χ1) is 9.26. The van der Waals surface area contributed by atoms with Crippen molar-refractivity contribution < 1.29 is 9.53 Å². The number of rotatable bonds is 7. The highest BCUT2D eigenvalue weighted by atomic mass is 16.5. The average molecular weight is 262 g/mol. The third kappa shape index (κ3) is 6.60. The van der Waals surface area contributed by atoms with Crippen LogP contribution in [0.2, 0.25) is 0 Å². The van der Waals surface area contributed by atoms with Crippen LogP contribution in [0, 0.1) is 0 Å². The first kappa shape index (κ1) is 15.2. The lowest BCUT2D eigenvalue weighted by atomic mass is 10.1. The minimum atomic E-state index is -0.506. The molecule has 1 amide bonds. The van der Waals surface area contributed by atoms with Gasteiger partial charge in [-0.15, -0.1) is 0 Å². The van der Waals surface area contributed by atoms with E-state index >= 15 is 0 Å². The summed E-state index contributed by atoms with van der Waals surface area (Å²) in [6.45, 7) is 4.46. The van der Waals surface area contributed by atoms with Crippen molar-refractivity contribution in [3.05, 3.63) is 35.9 Å². The summed E-state index contributed by atoms with van der Waals surface area (Å²) in [4.78, 5) is 11.5. The Morgan fingerprint density at radius 1 is 1.16 bits per heavy atom. The molecule has 4 nitrogen and oxygen atoms in total. The van der Waals surface area contributed by atoms with E-state index < -0.39 is 6.09 Å². The summed E-state index contributed by atoms with van der Waals surface area (Å²) in [5, 5.41) is 4.11. The number of carbonyl (C=O) groups excluding carboxylic acids is 1. The van der Waals surface area contributed by atoms with E-state index in [9.17, 15) is 4.79 Å². The first-order valence-electron chi connectivity index (χ1n) is 6.78. The number of hydrogen-bond donors (Lipinski definition) is 1. The molecule has 0 spiro atoms. The second kappa shape index (κ2) is 9.14. The van der Waals surface area contributed by atoms with Crippen molar-refractivity contribution in [2.24, 2.45) is 5.10 Å². The summed E-state index contributed by atoms with van der Waals surface area (Å²) in [7, 11) is 0. The minimum absolute atomic E-state index is 0.263. The van der Waals surface area contributed by atoms with Gasteiger partial charge in [0, 0.05) is 5.71 Å². The van der Waals surface area contributed by atoms with Crippen LogP contribution in [0.5, 0.6) is 0 Å². The summed E-state index contributed by atoms with van der Waals surface area (Å²) in [6, 6.07) is 9.58. The van der Waals surface area contributed by atoms with Crippen LogP contribution in [0.1, 0.15) is 45.1 Å². The van der Waals surface area contributed by atoms with E-state index in [-0.39, 0.29) is 6.61 Å². The van der Waals surface area contributed by atoms with Gasteiger partial charge in [0.1, 0.15) is 6.61 Å². The van der Waals surface area contributed by atoms with Crippen LogP contribution in [0.25, 0.3) is 0 Å². The Morgan fingerprint density at radius 2 is 1.79 bits per heavy atom. The maximum absolute atomic E-state index is 11.5. The summed E-state index contributed by atoms with van der Waals surface area (Å²) in [6.07, 6.45) is 3.37. The second-order valence-electron chi connectivity index (χ2n) is 4.35. The molecule has 0 aliphatic carbocycles. The van der Waals surface area contributed by atoms with Gasteiger partial charge in [-0.3, -0.25) is 0 Å². The number of benzene rings is 1. The van der Waals surface area contributed by atoms with Crippen molar-refractivity contribution in [2.75, 3.05) is 0 Å². The van der Waals surface area contributed by atoms with E-state index in [1.807, 2.05) is 30.3 Å². The molecule has 104 valence electrons. The van der Waals surface area contributed by atoms with Crippen molar-refractivity contribution in [3.8, 4) is 0 Å². The van der Waals surface area contributed by atoms with Crippen molar-refractivity contribution in [2.45, 2.75) is 46.1 Å². The minimum Gasteiger partial charge on any atom is -0.443 e. The van der Waals surface area contributed by atoms with Crippen molar-refractivity contribution >= 4 is 11.8 Å². The third-order valence-electron chi connectivity index (χ3n) is 2.60. The molecule has 1 N–H and O–H groups in total. The molecule has 4 heteroatoms. The molecule has 0 bridgehead atoms. The van der Waals surface area contributed by atoms with E-state index in [2.05, 4.69) is 24.4 Å². The second-order valence-corrected chi connectivity index (χ2v) is 4.35. The Hall–Kier alpha value is -1.84. The zero-order valence-corrected chi connectivity index (χ0v) is 11.7. The molecular formula is C15H22N2O2. The molecule has 0 fully saturated rings. The number of hydrazone groups is 1. The molecule has 1 aromatic carbocycles. The standard InChI is InChI=1S/C15H22N2O2/c1-3-8-14(9-4-2)16-17-15(18)19-12-13-10-6-5-7-11-13/h5-7,10-11H,3-4,8-9,12H2,1-2H3,(H,17,18). The van der Waals surface area contributed by atoms with E-state index in [1.165, 1.54) is 0 Å². The Bertz CT molecular complexity index is 394. The monoisotopic (exact) mass is 262 g/mol. The van der Waals surface area contributed by atoms with Crippen molar-refractivity contribution in [1.29, 1.82) is 0 Å². The van der Waals surface area contributed by atoms with Gasteiger partial charge in [-0.05, 0) is 18.4 Å². The molecule has 0 saturated carbocycles. The van der Waals surface area contributed by atoms with Crippen LogP contribution < -0.4 is 5.43 Å². The quantitative estimate of drug-likeness (QED) is 0.599. The van der Waals surface area contributed by atoms with Gasteiger partial charge in [0.2, 0.25) is 0 Å². The molecular weight excluding hydrogens is 240 g/mol. The van der Waals surface area contributed by atoms with Gasteiger partial charge in [-0.1, -0.05) is 57.0 Å². The van der Waals surface area contributed by atoms with Gasteiger partial charge in [-0.2, -0.15) is 5.10 Å².